The predicted octanol–water partition coefficient (Wildman–Crippen LogP) is 6.97. The van der Waals surface area contributed by atoms with Crippen molar-refractivity contribution in [2.75, 3.05) is 18.4 Å². The molecule has 45 heavy (non-hydrogen) atoms. The molecule has 3 aliphatic rings. The van der Waals surface area contributed by atoms with E-state index >= 15 is 0 Å². The highest BCUT2D eigenvalue weighted by atomic mass is 16.4. The largest absolute Gasteiger partial charge is 0.478 e. The normalized spacial score (nSPS) is 18.2. The van der Waals surface area contributed by atoms with Gasteiger partial charge in [-0.1, -0.05) is 44.2 Å². The van der Waals surface area contributed by atoms with Gasteiger partial charge in [-0.3, -0.25) is 4.79 Å². The molecule has 0 spiro atoms. The van der Waals surface area contributed by atoms with Crippen LogP contribution in [0.15, 0.2) is 60.8 Å². The van der Waals surface area contributed by atoms with E-state index in [2.05, 4.69) is 58.6 Å². The lowest BCUT2D eigenvalue weighted by Crippen LogP contribution is -2.38. The number of carboxylic acid groups (broad SMARTS) is 1. The maximum Gasteiger partial charge on any atom is 0.339 e. The summed E-state index contributed by atoms with van der Waals surface area (Å²) in [6, 6.07) is 19.4. The number of carbonyl (C=O) groups is 2. The Hall–Kier alpha value is -4.46. The number of nitrogens with zero attached hydrogens (tertiary/aromatic N) is 4. The quantitative estimate of drug-likeness (QED) is 0.214. The average molecular weight is 604 g/mol. The number of nitrogens with one attached hydrogen (secondary N) is 1. The van der Waals surface area contributed by atoms with E-state index in [0.717, 1.165) is 75.0 Å². The van der Waals surface area contributed by atoms with Crippen LogP contribution in [0.3, 0.4) is 0 Å². The van der Waals surface area contributed by atoms with Crippen molar-refractivity contribution in [2.24, 2.45) is 5.92 Å². The number of amides is 1. The molecule has 4 aromatic rings. The number of benzene rings is 2. The van der Waals surface area contributed by atoms with E-state index in [-0.39, 0.29) is 11.6 Å². The molecule has 7 rings (SSSR count). The molecular weight excluding hydrogens is 562 g/mol. The van der Waals surface area contributed by atoms with Crippen molar-refractivity contribution in [1.82, 2.24) is 19.7 Å². The Morgan fingerprint density at radius 3 is 2.49 bits per heavy atom. The average Bonchev–Trinajstić information content (AvgIpc) is 3.70. The Labute approximate surface area is 264 Å². The lowest BCUT2D eigenvalue weighted by atomic mass is 9.85. The second-order valence-corrected chi connectivity index (χ2v) is 12.7. The molecule has 2 aliphatic carbocycles. The number of piperidine rings is 1. The fourth-order valence-electron chi connectivity index (χ4n) is 7.44. The smallest absolute Gasteiger partial charge is 0.339 e. The van der Waals surface area contributed by atoms with Crippen molar-refractivity contribution >= 4 is 17.6 Å². The maximum atomic E-state index is 12.6. The van der Waals surface area contributed by atoms with Crippen molar-refractivity contribution in [1.29, 1.82) is 0 Å². The number of aromatic carboxylic acids is 1. The lowest BCUT2D eigenvalue weighted by Gasteiger charge is -2.33. The number of hydrogen-bond acceptors (Lipinski definition) is 5. The SMILES string of the molecule is CCc1cc(NC2CCc3cccc(-c4cccc(-n5ncc(C(=O)O)c5CC)n4)c32)ccc1C1CCN(C(=O)C2CC2)CC1. The van der Waals surface area contributed by atoms with Crippen molar-refractivity contribution < 1.29 is 14.7 Å². The first-order valence-electron chi connectivity index (χ1n) is 16.5. The molecular formula is C37H41N5O3. The standard InChI is InChI=1S/C37H41N5O3/c1-3-23-21-27(14-15-28(23)24-17-19-41(20-18-24)36(43)26-11-12-26)39-32-16-13-25-7-5-8-29(35(25)32)31-9-6-10-34(40-31)42-33(4-2)30(22-38-42)37(44)45/h5-10,14-15,21-22,24,26,32,39H,3-4,11-13,16-20H2,1-2H3,(H,44,45). The summed E-state index contributed by atoms with van der Waals surface area (Å²) >= 11 is 0. The molecule has 2 aromatic heterocycles. The third-order valence-electron chi connectivity index (χ3n) is 9.95. The third kappa shape index (κ3) is 5.62. The van der Waals surface area contributed by atoms with Crippen LogP contribution in [0.1, 0.15) is 96.2 Å². The number of carbonyl (C=O) groups excluding carboxylic acids is 1. The second kappa shape index (κ2) is 12.1. The number of fused-ring (bicyclic) bond motifs is 1. The van der Waals surface area contributed by atoms with Gasteiger partial charge in [0.2, 0.25) is 5.91 Å². The zero-order valence-electron chi connectivity index (χ0n) is 26.1. The summed E-state index contributed by atoms with van der Waals surface area (Å²) in [7, 11) is 0. The molecule has 2 fully saturated rings. The summed E-state index contributed by atoms with van der Waals surface area (Å²) in [5.74, 6) is 0.818. The predicted molar refractivity (Wildman–Crippen MR) is 175 cm³/mol. The number of aryl methyl sites for hydroxylation is 2. The Morgan fingerprint density at radius 1 is 0.956 bits per heavy atom. The molecule has 1 atom stereocenters. The van der Waals surface area contributed by atoms with E-state index < -0.39 is 5.97 Å². The zero-order chi connectivity index (χ0) is 31.1. The van der Waals surface area contributed by atoms with E-state index in [9.17, 15) is 14.7 Å². The monoisotopic (exact) mass is 603 g/mol. The summed E-state index contributed by atoms with van der Waals surface area (Å²) in [6.07, 6.45) is 9.16. The van der Waals surface area contributed by atoms with Crippen LogP contribution in [0.25, 0.3) is 17.1 Å². The first-order valence-corrected chi connectivity index (χ1v) is 16.5. The number of anilines is 1. The van der Waals surface area contributed by atoms with Crippen molar-refractivity contribution in [3.05, 3.63) is 94.3 Å². The molecule has 2 N–H and O–H groups in total. The van der Waals surface area contributed by atoms with Crippen LogP contribution < -0.4 is 5.32 Å². The minimum absolute atomic E-state index is 0.156. The van der Waals surface area contributed by atoms with Crippen LogP contribution in [0.5, 0.6) is 0 Å². The molecule has 0 radical (unpaired) electrons. The van der Waals surface area contributed by atoms with Gasteiger partial charge in [-0.15, -0.1) is 0 Å². The highest BCUT2D eigenvalue weighted by Gasteiger charge is 2.35. The van der Waals surface area contributed by atoms with Crippen LogP contribution in [0.2, 0.25) is 0 Å². The molecule has 1 saturated heterocycles. The topological polar surface area (TPSA) is 100 Å². The summed E-state index contributed by atoms with van der Waals surface area (Å²) in [4.78, 5) is 31.4. The molecule has 8 nitrogen and oxygen atoms in total. The summed E-state index contributed by atoms with van der Waals surface area (Å²) in [6.45, 7) is 5.92. The van der Waals surface area contributed by atoms with Gasteiger partial charge in [0.1, 0.15) is 5.56 Å². The molecule has 1 amide bonds. The molecule has 232 valence electrons. The molecule has 2 aromatic carbocycles. The van der Waals surface area contributed by atoms with E-state index in [1.54, 1.807) is 4.68 Å². The number of carboxylic acids is 1. The third-order valence-corrected chi connectivity index (χ3v) is 9.95. The highest BCUT2D eigenvalue weighted by Crippen LogP contribution is 2.41. The summed E-state index contributed by atoms with van der Waals surface area (Å²) in [5.41, 5.74) is 9.36. The molecule has 3 heterocycles. The van der Waals surface area contributed by atoms with Gasteiger partial charge >= 0.3 is 5.97 Å². The zero-order valence-corrected chi connectivity index (χ0v) is 26.1. The van der Waals surface area contributed by atoms with Crippen LogP contribution in [0, 0.1) is 5.92 Å². The van der Waals surface area contributed by atoms with Crippen molar-refractivity contribution in [3.8, 4) is 17.1 Å². The fourth-order valence-corrected chi connectivity index (χ4v) is 7.44. The van der Waals surface area contributed by atoms with Crippen LogP contribution >= 0.6 is 0 Å². The molecule has 8 heteroatoms. The van der Waals surface area contributed by atoms with Crippen LogP contribution in [0.4, 0.5) is 5.69 Å². The van der Waals surface area contributed by atoms with Gasteiger partial charge < -0.3 is 15.3 Å². The Morgan fingerprint density at radius 2 is 1.76 bits per heavy atom. The first-order chi connectivity index (χ1) is 21.9. The Balaban J connectivity index is 1.12. The second-order valence-electron chi connectivity index (χ2n) is 12.7. The van der Waals surface area contributed by atoms with Gasteiger partial charge in [-0.25, -0.2) is 14.5 Å². The van der Waals surface area contributed by atoms with Crippen LogP contribution in [-0.4, -0.2) is 49.7 Å². The van der Waals surface area contributed by atoms with Gasteiger partial charge in [-0.05, 0) is 104 Å². The Kier molecular flexibility index (Phi) is 7.90. The first kappa shape index (κ1) is 29.3. The number of pyridine rings is 1. The fraction of sp³-hybridized carbons (Fsp3) is 0.405. The van der Waals surface area contributed by atoms with Gasteiger partial charge in [0.25, 0.3) is 0 Å². The minimum atomic E-state index is -0.978. The minimum Gasteiger partial charge on any atom is -0.478 e. The van der Waals surface area contributed by atoms with Crippen molar-refractivity contribution in [3.63, 3.8) is 0 Å². The number of aromatic nitrogens is 3. The molecule has 1 unspecified atom stereocenters. The van der Waals surface area contributed by atoms with Crippen LogP contribution in [-0.2, 0) is 24.1 Å². The van der Waals surface area contributed by atoms with E-state index in [0.29, 0.717) is 35.7 Å². The van der Waals surface area contributed by atoms with E-state index in [1.807, 2.05) is 25.1 Å². The number of hydrogen-bond donors (Lipinski definition) is 2. The molecule has 0 bridgehead atoms. The number of likely N-dealkylation sites (tertiary alicyclic amines) is 1. The van der Waals surface area contributed by atoms with Gasteiger partial charge in [0, 0.05) is 30.3 Å². The van der Waals surface area contributed by atoms with Gasteiger partial charge in [-0.2, -0.15) is 5.10 Å². The molecule has 1 saturated carbocycles. The van der Waals surface area contributed by atoms with Crippen molar-refractivity contribution in [2.45, 2.75) is 77.2 Å². The molecule has 1 aliphatic heterocycles. The maximum absolute atomic E-state index is 12.6. The summed E-state index contributed by atoms with van der Waals surface area (Å²) in [5, 5.41) is 17.9. The summed E-state index contributed by atoms with van der Waals surface area (Å²) < 4.78 is 1.65. The Bertz CT molecular complexity index is 1750. The van der Waals surface area contributed by atoms with Gasteiger partial charge in [0.05, 0.1) is 23.6 Å². The number of rotatable bonds is 9. The van der Waals surface area contributed by atoms with E-state index in [1.165, 1.54) is 28.5 Å². The van der Waals surface area contributed by atoms with Gasteiger partial charge in [0.15, 0.2) is 5.82 Å². The van der Waals surface area contributed by atoms with E-state index in [4.69, 9.17) is 4.98 Å². The highest BCUT2D eigenvalue weighted by molar-refractivity contribution is 5.88. The lowest BCUT2D eigenvalue weighted by molar-refractivity contribution is -0.133.